The van der Waals surface area contributed by atoms with Crippen molar-refractivity contribution in [3.8, 4) is 5.88 Å². The van der Waals surface area contributed by atoms with E-state index in [4.69, 9.17) is 4.74 Å². The van der Waals surface area contributed by atoms with E-state index in [1.54, 1.807) is 12.4 Å². The van der Waals surface area contributed by atoms with Gasteiger partial charge in [-0.05, 0) is 17.7 Å². The summed E-state index contributed by atoms with van der Waals surface area (Å²) in [7, 11) is 0. The number of nitrogens with zero attached hydrogens (tertiary/aromatic N) is 3. The van der Waals surface area contributed by atoms with Gasteiger partial charge in [-0.2, -0.15) is 0 Å². The van der Waals surface area contributed by atoms with Gasteiger partial charge in [0.2, 0.25) is 0 Å². The summed E-state index contributed by atoms with van der Waals surface area (Å²) in [6, 6.07) is 7.95. The molecule has 0 saturated heterocycles. The first kappa shape index (κ1) is 13.8. The molecule has 0 saturated carbocycles. The zero-order chi connectivity index (χ0) is 14.5. The molecule has 1 aromatic carbocycles. The van der Waals surface area contributed by atoms with E-state index in [0.29, 0.717) is 24.3 Å². The van der Waals surface area contributed by atoms with E-state index in [-0.39, 0.29) is 0 Å². The third-order valence-electron chi connectivity index (χ3n) is 2.86. The van der Waals surface area contributed by atoms with Crippen LogP contribution >= 0.6 is 15.9 Å². The highest BCUT2D eigenvalue weighted by molar-refractivity contribution is 9.10. The molecule has 1 aromatic heterocycles. The maximum Gasteiger partial charge on any atom is 0.258 e. The molecule has 0 radical (unpaired) electrons. The smallest absolute Gasteiger partial charge is 0.258 e. The Kier molecular flexibility index (Phi) is 4.30. The van der Waals surface area contributed by atoms with Gasteiger partial charge in [0, 0.05) is 23.4 Å². The van der Waals surface area contributed by atoms with Gasteiger partial charge in [-0.25, -0.2) is 9.97 Å². The maximum atomic E-state index is 5.74. The number of ether oxygens (including phenoxy) is 1. The van der Waals surface area contributed by atoms with Crippen LogP contribution in [-0.4, -0.2) is 29.0 Å². The predicted molar refractivity (Wildman–Crippen MR) is 84.4 cm³/mol. The Hall–Kier alpha value is -2.15. The molecular formula is C14H14BrN5O. The lowest BCUT2D eigenvalue weighted by atomic mass is 10.2. The fourth-order valence-corrected chi connectivity index (χ4v) is 2.11. The topological polar surface area (TPSA) is 71.4 Å². The Morgan fingerprint density at radius 3 is 2.76 bits per heavy atom. The van der Waals surface area contributed by atoms with Crippen LogP contribution in [0, 0.1) is 0 Å². The van der Waals surface area contributed by atoms with Crippen LogP contribution in [0.25, 0.3) is 0 Å². The van der Waals surface area contributed by atoms with Crippen molar-refractivity contribution in [1.82, 2.24) is 15.3 Å². The van der Waals surface area contributed by atoms with Crippen LogP contribution in [0.3, 0.4) is 0 Å². The summed E-state index contributed by atoms with van der Waals surface area (Å²) in [6.45, 7) is 2.02. The van der Waals surface area contributed by atoms with E-state index in [9.17, 15) is 0 Å². The summed E-state index contributed by atoms with van der Waals surface area (Å²) in [5.74, 6) is 1.71. The van der Waals surface area contributed by atoms with Crippen molar-refractivity contribution >= 4 is 27.7 Å². The Balaban J connectivity index is 1.68. The minimum Gasteiger partial charge on any atom is -0.470 e. The first-order valence-corrected chi connectivity index (χ1v) is 7.34. The second kappa shape index (κ2) is 6.53. The van der Waals surface area contributed by atoms with Crippen molar-refractivity contribution in [2.45, 2.75) is 6.61 Å². The van der Waals surface area contributed by atoms with Gasteiger partial charge in [-0.1, -0.05) is 28.1 Å². The summed E-state index contributed by atoms with van der Waals surface area (Å²) in [5, 5.41) is 6.21. The van der Waals surface area contributed by atoms with Crippen molar-refractivity contribution in [3.63, 3.8) is 0 Å². The van der Waals surface area contributed by atoms with E-state index in [1.807, 2.05) is 24.3 Å². The number of aromatic nitrogens is 2. The summed E-state index contributed by atoms with van der Waals surface area (Å²) in [6.07, 6.45) is 3.22. The number of anilines is 1. The molecule has 2 aromatic rings. The second-order valence-electron chi connectivity index (χ2n) is 4.41. The molecule has 0 aliphatic carbocycles. The van der Waals surface area contributed by atoms with Gasteiger partial charge in [0.15, 0.2) is 11.8 Å². The van der Waals surface area contributed by atoms with Gasteiger partial charge >= 0.3 is 0 Å². The van der Waals surface area contributed by atoms with Crippen molar-refractivity contribution in [2.75, 3.05) is 18.4 Å². The molecule has 21 heavy (non-hydrogen) atoms. The molecule has 2 heterocycles. The number of hydrogen-bond acceptors (Lipinski definition) is 6. The van der Waals surface area contributed by atoms with E-state index < -0.39 is 0 Å². The van der Waals surface area contributed by atoms with Gasteiger partial charge in [-0.3, -0.25) is 4.99 Å². The van der Waals surface area contributed by atoms with E-state index >= 15 is 0 Å². The number of guanidine groups is 1. The van der Waals surface area contributed by atoms with Gasteiger partial charge in [0.05, 0.1) is 6.54 Å². The van der Waals surface area contributed by atoms with Gasteiger partial charge in [0.1, 0.15) is 6.61 Å². The van der Waals surface area contributed by atoms with E-state index in [0.717, 1.165) is 23.1 Å². The fourth-order valence-electron chi connectivity index (χ4n) is 1.84. The molecule has 0 atom stereocenters. The lowest BCUT2D eigenvalue weighted by Crippen LogP contribution is -2.27. The Morgan fingerprint density at radius 2 is 2.00 bits per heavy atom. The van der Waals surface area contributed by atoms with Crippen molar-refractivity contribution in [2.24, 2.45) is 4.99 Å². The highest BCUT2D eigenvalue weighted by atomic mass is 79.9. The molecule has 0 amide bonds. The third kappa shape index (κ3) is 3.69. The summed E-state index contributed by atoms with van der Waals surface area (Å²) >= 11 is 3.41. The minimum absolute atomic E-state index is 0.431. The van der Waals surface area contributed by atoms with Crippen LogP contribution in [0.2, 0.25) is 0 Å². The molecule has 2 N–H and O–H groups in total. The van der Waals surface area contributed by atoms with E-state index in [2.05, 4.69) is 41.5 Å². The summed E-state index contributed by atoms with van der Waals surface area (Å²) < 4.78 is 6.78. The Labute approximate surface area is 130 Å². The van der Waals surface area contributed by atoms with E-state index in [1.165, 1.54) is 0 Å². The number of hydrogen-bond donors (Lipinski definition) is 2. The minimum atomic E-state index is 0.431. The molecule has 6 nitrogen and oxygen atoms in total. The predicted octanol–water partition coefficient (Wildman–Crippen LogP) is 2.19. The van der Waals surface area contributed by atoms with Crippen LogP contribution in [-0.2, 0) is 6.61 Å². The summed E-state index contributed by atoms with van der Waals surface area (Å²) in [4.78, 5) is 12.7. The number of halogens is 1. The third-order valence-corrected chi connectivity index (χ3v) is 3.39. The molecule has 0 unspecified atom stereocenters. The molecule has 1 aliphatic rings. The highest BCUT2D eigenvalue weighted by Crippen LogP contribution is 2.19. The molecule has 0 bridgehead atoms. The molecular weight excluding hydrogens is 334 g/mol. The molecule has 1 aliphatic heterocycles. The zero-order valence-corrected chi connectivity index (χ0v) is 12.8. The van der Waals surface area contributed by atoms with Crippen molar-refractivity contribution in [1.29, 1.82) is 0 Å². The summed E-state index contributed by atoms with van der Waals surface area (Å²) in [5.41, 5.74) is 1.06. The molecule has 0 spiro atoms. The number of aliphatic imine (C=N–C) groups is 1. The van der Waals surface area contributed by atoms with Crippen LogP contribution in [0.5, 0.6) is 5.88 Å². The zero-order valence-electron chi connectivity index (χ0n) is 11.2. The first-order valence-electron chi connectivity index (χ1n) is 6.55. The quantitative estimate of drug-likeness (QED) is 0.886. The second-order valence-corrected chi connectivity index (χ2v) is 5.32. The van der Waals surface area contributed by atoms with Crippen molar-refractivity contribution < 1.29 is 4.74 Å². The number of benzene rings is 1. The lowest BCUT2D eigenvalue weighted by Gasteiger charge is -2.11. The van der Waals surface area contributed by atoms with Gasteiger partial charge in [0.25, 0.3) is 5.88 Å². The standard InChI is InChI=1S/C14H14BrN5O/c15-11-3-1-10(2-4-11)9-21-13-12(16-5-6-17-13)20-14-18-7-8-19-14/h1-6H,7-9H2,(H2,16,18,19,20). The maximum absolute atomic E-state index is 5.74. The average molecular weight is 348 g/mol. The highest BCUT2D eigenvalue weighted by Gasteiger charge is 2.11. The first-order chi connectivity index (χ1) is 10.3. The lowest BCUT2D eigenvalue weighted by molar-refractivity contribution is 0.294. The number of nitrogens with one attached hydrogen (secondary N) is 2. The number of rotatable bonds is 4. The monoisotopic (exact) mass is 347 g/mol. The Bertz CT molecular complexity index is 644. The fraction of sp³-hybridized carbons (Fsp3) is 0.214. The average Bonchev–Trinajstić information content (AvgIpc) is 3.01. The van der Waals surface area contributed by atoms with Crippen molar-refractivity contribution in [3.05, 3.63) is 46.7 Å². The molecule has 7 heteroatoms. The van der Waals surface area contributed by atoms with Crippen LogP contribution in [0.15, 0.2) is 46.1 Å². The SMILES string of the molecule is Brc1ccc(COc2nccnc2NC2=NCCN2)cc1. The molecule has 0 fully saturated rings. The Morgan fingerprint density at radius 1 is 1.19 bits per heavy atom. The van der Waals surface area contributed by atoms with Gasteiger partial charge < -0.3 is 15.4 Å². The largest absolute Gasteiger partial charge is 0.470 e. The van der Waals surface area contributed by atoms with Crippen LogP contribution < -0.4 is 15.4 Å². The van der Waals surface area contributed by atoms with Crippen LogP contribution in [0.4, 0.5) is 5.82 Å². The van der Waals surface area contributed by atoms with Crippen LogP contribution in [0.1, 0.15) is 5.56 Å². The van der Waals surface area contributed by atoms with Gasteiger partial charge in [-0.15, -0.1) is 0 Å². The molecule has 108 valence electrons. The molecule has 3 rings (SSSR count). The normalized spacial score (nSPS) is 13.5.